The molecule has 1 atom stereocenters. The molecule has 1 fully saturated rings. The average Bonchev–Trinajstić information content (AvgIpc) is 3.28. The number of para-hydroxylation sites is 2. The van der Waals surface area contributed by atoms with Crippen LogP contribution in [0, 0.1) is 0 Å². The lowest BCUT2D eigenvalue weighted by Gasteiger charge is -2.31. The average molecular weight is 421 g/mol. The number of nitrogens with zero attached hydrogens (tertiary/aromatic N) is 2. The van der Waals surface area contributed by atoms with Crippen molar-refractivity contribution in [3.63, 3.8) is 0 Å². The molecule has 0 spiro atoms. The molecule has 31 heavy (non-hydrogen) atoms. The number of hydrogen-bond donors (Lipinski definition) is 0. The number of piperidine rings is 1. The van der Waals surface area contributed by atoms with Crippen LogP contribution >= 0.6 is 0 Å². The minimum Gasteiger partial charge on any atom is -0.496 e. The van der Waals surface area contributed by atoms with Crippen molar-refractivity contribution in [2.75, 3.05) is 27.3 Å². The lowest BCUT2D eigenvalue weighted by Crippen LogP contribution is -2.40. The van der Waals surface area contributed by atoms with E-state index in [1.807, 2.05) is 53.4 Å². The Balaban J connectivity index is 1.41. The van der Waals surface area contributed by atoms with Gasteiger partial charge in [-0.25, -0.2) is 4.98 Å². The van der Waals surface area contributed by atoms with Crippen LogP contribution in [0.15, 0.2) is 59.1 Å². The van der Waals surface area contributed by atoms with Crippen LogP contribution in [0.1, 0.15) is 41.5 Å². The van der Waals surface area contributed by atoms with E-state index < -0.39 is 0 Å². The van der Waals surface area contributed by atoms with Crippen molar-refractivity contribution in [3.05, 3.63) is 77.5 Å². The molecule has 6 nitrogen and oxygen atoms in total. The van der Waals surface area contributed by atoms with E-state index >= 15 is 0 Å². The highest BCUT2D eigenvalue weighted by molar-refractivity contribution is 5.79. The molecule has 1 aromatic heterocycles. The standard InChI is InChI=1S/C25H28N2O4/c1-29-22-11-5-3-8-18(22)14-21-16-26-25(31-21)20-10-7-13-27(17-20)24(28)15-19-9-4-6-12-23(19)30-2/h3-6,8-9,11-12,16,20H,7,10,13-15,17H2,1-2H3/t20-/m0/s1. The van der Waals surface area contributed by atoms with Crippen molar-refractivity contribution in [1.29, 1.82) is 0 Å². The van der Waals surface area contributed by atoms with E-state index in [-0.39, 0.29) is 11.8 Å². The number of carbonyl (C=O) groups is 1. The highest BCUT2D eigenvalue weighted by Crippen LogP contribution is 2.29. The van der Waals surface area contributed by atoms with E-state index in [9.17, 15) is 4.79 Å². The minimum atomic E-state index is 0.106. The maximum Gasteiger partial charge on any atom is 0.227 e. The number of methoxy groups -OCH3 is 2. The molecule has 0 bridgehead atoms. The van der Waals surface area contributed by atoms with Gasteiger partial charge in [0.15, 0.2) is 5.89 Å². The molecule has 4 rings (SSSR count). The molecular weight excluding hydrogens is 392 g/mol. The van der Waals surface area contributed by atoms with Crippen molar-refractivity contribution in [1.82, 2.24) is 9.88 Å². The lowest BCUT2D eigenvalue weighted by molar-refractivity contribution is -0.131. The number of aromatic nitrogens is 1. The minimum absolute atomic E-state index is 0.106. The fraction of sp³-hybridized carbons (Fsp3) is 0.360. The van der Waals surface area contributed by atoms with Gasteiger partial charge < -0.3 is 18.8 Å². The largest absolute Gasteiger partial charge is 0.496 e. The molecule has 0 N–H and O–H groups in total. The van der Waals surface area contributed by atoms with E-state index in [4.69, 9.17) is 13.9 Å². The molecule has 1 aliphatic heterocycles. The summed E-state index contributed by atoms with van der Waals surface area (Å²) < 4.78 is 16.9. The fourth-order valence-corrected chi connectivity index (χ4v) is 4.16. The summed E-state index contributed by atoms with van der Waals surface area (Å²) in [4.78, 5) is 19.4. The van der Waals surface area contributed by atoms with Crippen LogP contribution in [-0.4, -0.2) is 43.1 Å². The first-order chi connectivity index (χ1) is 15.2. The van der Waals surface area contributed by atoms with Gasteiger partial charge in [-0.1, -0.05) is 36.4 Å². The number of carbonyl (C=O) groups excluding carboxylic acids is 1. The molecule has 0 saturated carbocycles. The van der Waals surface area contributed by atoms with Gasteiger partial charge in [-0.3, -0.25) is 4.79 Å². The molecule has 0 radical (unpaired) electrons. The Kier molecular flexibility index (Phi) is 6.55. The molecule has 1 aliphatic rings. The molecule has 6 heteroatoms. The van der Waals surface area contributed by atoms with Crippen LogP contribution in [0.2, 0.25) is 0 Å². The first kappa shape index (κ1) is 21.0. The van der Waals surface area contributed by atoms with Gasteiger partial charge >= 0.3 is 0 Å². The predicted octanol–water partition coefficient (Wildman–Crippen LogP) is 4.23. The quantitative estimate of drug-likeness (QED) is 0.572. The summed E-state index contributed by atoms with van der Waals surface area (Å²) in [7, 11) is 3.30. The lowest BCUT2D eigenvalue weighted by atomic mass is 9.97. The number of oxazole rings is 1. The number of ether oxygens (including phenoxy) is 2. The number of rotatable bonds is 7. The number of amides is 1. The third kappa shape index (κ3) is 4.90. The Morgan fingerprint density at radius 3 is 2.48 bits per heavy atom. The van der Waals surface area contributed by atoms with Gasteiger partial charge in [0.25, 0.3) is 0 Å². The second kappa shape index (κ2) is 9.69. The SMILES string of the molecule is COc1ccccc1CC(=O)N1CCC[C@H](c2ncc(Cc3ccccc3OC)o2)C1. The molecule has 1 amide bonds. The summed E-state index contributed by atoms with van der Waals surface area (Å²) in [5.41, 5.74) is 1.97. The van der Waals surface area contributed by atoms with E-state index in [1.54, 1.807) is 20.4 Å². The van der Waals surface area contributed by atoms with Crippen LogP contribution in [-0.2, 0) is 17.6 Å². The maximum absolute atomic E-state index is 12.9. The Hall–Kier alpha value is -3.28. The van der Waals surface area contributed by atoms with Gasteiger partial charge in [0.1, 0.15) is 17.3 Å². The molecule has 0 aliphatic carbocycles. The highest BCUT2D eigenvalue weighted by atomic mass is 16.5. The van der Waals surface area contributed by atoms with E-state index in [0.717, 1.165) is 47.8 Å². The zero-order chi connectivity index (χ0) is 21.6. The van der Waals surface area contributed by atoms with E-state index in [0.29, 0.717) is 25.3 Å². The summed E-state index contributed by atoms with van der Waals surface area (Å²) in [5, 5.41) is 0. The highest BCUT2D eigenvalue weighted by Gasteiger charge is 2.28. The summed E-state index contributed by atoms with van der Waals surface area (Å²) in [6.45, 7) is 1.39. The second-order valence-electron chi connectivity index (χ2n) is 7.82. The topological polar surface area (TPSA) is 64.8 Å². The van der Waals surface area contributed by atoms with Crippen LogP contribution in [0.5, 0.6) is 11.5 Å². The zero-order valence-corrected chi connectivity index (χ0v) is 18.0. The van der Waals surface area contributed by atoms with Crippen molar-refractivity contribution in [2.45, 2.75) is 31.6 Å². The van der Waals surface area contributed by atoms with Crippen molar-refractivity contribution in [2.24, 2.45) is 0 Å². The third-order valence-electron chi connectivity index (χ3n) is 5.79. The van der Waals surface area contributed by atoms with Gasteiger partial charge in [-0.2, -0.15) is 0 Å². The second-order valence-corrected chi connectivity index (χ2v) is 7.82. The molecule has 3 aromatic rings. The van der Waals surface area contributed by atoms with Gasteiger partial charge in [0.05, 0.1) is 32.8 Å². The van der Waals surface area contributed by atoms with E-state index in [2.05, 4.69) is 4.98 Å². The Labute approximate surface area is 182 Å². The smallest absolute Gasteiger partial charge is 0.227 e. The first-order valence-corrected chi connectivity index (χ1v) is 10.6. The Morgan fingerprint density at radius 2 is 1.74 bits per heavy atom. The van der Waals surface area contributed by atoms with Gasteiger partial charge in [0.2, 0.25) is 5.91 Å². The third-order valence-corrected chi connectivity index (χ3v) is 5.79. The molecule has 1 saturated heterocycles. The number of benzene rings is 2. The monoisotopic (exact) mass is 420 g/mol. The van der Waals surface area contributed by atoms with Crippen LogP contribution < -0.4 is 9.47 Å². The van der Waals surface area contributed by atoms with Crippen LogP contribution in [0.4, 0.5) is 0 Å². The fourth-order valence-electron chi connectivity index (χ4n) is 4.16. The van der Waals surface area contributed by atoms with Gasteiger partial charge in [-0.05, 0) is 25.0 Å². The molecule has 0 unspecified atom stereocenters. The molecule has 162 valence electrons. The first-order valence-electron chi connectivity index (χ1n) is 10.6. The van der Waals surface area contributed by atoms with E-state index in [1.165, 1.54) is 0 Å². The van der Waals surface area contributed by atoms with Crippen molar-refractivity contribution < 1.29 is 18.7 Å². The molecule has 2 heterocycles. The maximum atomic E-state index is 12.9. The normalized spacial score (nSPS) is 16.2. The van der Waals surface area contributed by atoms with Crippen molar-refractivity contribution in [3.8, 4) is 11.5 Å². The molecule has 2 aromatic carbocycles. The summed E-state index contributed by atoms with van der Waals surface area (Å²) in [5.74, 6) is 3.32. The van der Waals surface area contributed by atoms with Crippen LogP contribution in [0.3, 0.4) is 0 Å². The van der Waals surface area contributed by atoms with Crippen molar-refractivity contribution >= 4 is 5.91 Å². The van der Waals surface area contributed by atoms with Crippen LogP contribution in [0.25, 0.3) is 0 Å². The summed E-state index contributed by atoms with van der Waals surface area (Å²) >= 11 is 0. The number of likely N-dealkylation sites (tertiary alicyclic amines) is 1. The van der Waals surface area contributed by atoms with Gasteiger partial charge in [-0.15, -0.1) is 0 Å². The molecular formula is C25H28N2O4. The summed E-state index contributed by atoms with van der Waals surface area (Å²) in [6.07, 6.45) is 4.65. The van der Waals surface area contributed by atoms with Gasteiger partial charge in [0, 0.05) is 30.6 Å². The Morgan fingerprint density at radius 1 is 1.06 bits per heavy atom. The predicted molar refractivity (Wildman–Crippen MR) is 118 cm³/mol. The zero-order valence-electron chi connectivity index (χ0n) is 18.0. The Bertz CT molecular complexity index is 1030. The number of hydrogen-bond acceptors (Lipinski definition) is 5. The summed E-state index contributed by atoms with van der Waals surface area (Å²) in [6, 6.07) is 15.6.